The third-order valence-electron chi connectivity index (χ3n) is 2.36. The summed E-state index contributed by atoms with van der Waals surface area (Å²) in [7, 11) is 3.70. The van der Waals surface area contributed by atoms with E-state index in [1.54, 1.807) is 23.2 Å². The summed E-state index contributed by atoms with van der Waals surface area (Å²) in [4.78, 5) is 20.8. The first kappa shape index (κ1) is 12.9. The van der Waals surface area contributed by atoms with E-state index in [0.29, 0.717) is 24.1 Å². The average Bonchev–Trinajstić information content (AvgIpc) is 2.85. The lowest BCUT2D eigenvalue weighted by atomic mass is 10.4. The number of hydrogen-bond acceptors (Lipinski definition) is 6. The highest BCUT2D eigenvalue weighted by Gasteiger charge is 2.09. The number of hydrogen-bond donors (Lipinski definition) is 2. The Morgan fingerprint density at radius 1 is 1.42 bits per heavy atom. The van der Waals surface area contributed by atoms with E-state index < -0.39 is 5.97 Å². The van der Waals surface area contributed by atoms with Gasteiger partial charge in [-0.25, -0.2) is 9.78 Å². The standard InChI is InChI=1S/C12H14N4O3/c1-16(2)12-13-6-5-10(15-12)14-7-8-3-4-9(19-8)11(17)18/h3-6H,7H2,1-2H3,(H,17,18)(H,13,14,15). The van der Waals surface area contributed by atoms with Gasteiger partial charge in [0.1, 0.15) is 11.6 Å². The van der Waals surface area contributed by atoms with Crippen LogP contribution in [-0.2, 0) is 6.54 Å². The highest BCUT2D eigenvalue weighted by molar-refractivity contribution is 5.84. The molecule has 0 aromatic carbocycles. The van der Waals surface area contributed by atoms with Crippen LogP contribution in [0.1, 0.15) is 16.3 Å². The Hall–Kier alpha value is -2.57. The van der Waals surface area contributed by atoms with Gasteiger partial charge < -0.3 is 19.7 Å². The smallest absolute Gasteiger partial charge is 0.371 e. The summed E-state index contributed by atoms with van der Waals surface area (Å²) in [5, 5.41) is 11.8. The van der Waals surface area contributed by atoms with Gasteiger partial charge in [0.25, 0.3) is 0 Å². The van der Waals surface area contributed by atoms with Crippen LogP contribution in [0.25, 0.3) is 0 Å². The van der Waals surface area contributed by atoms with E-state index in [1.807, 2.05) is 14.1 Å². The minimum absolute atomic E-state index is 0.0755. The monoisotopic (exact) mass is 262 g/mol. The van der Waals surface area contributed by atoms with Crippen LogP contribution in [0.4, 0.5) is 11.8 Å². The normalized spacial score (nSPS) is 10.2. The molecule has 2 N–H and O–H groups in total. The Kier molecular flexibility index (Phi) is 3.65. The number of carboxylic acid groups (broad SMARTS) is 1. The summed E-state index contributed by atoms with van der Waals surface area (Å²) in [6.07, 6.45) is 1.65. The van der Waals surface area contributed by atoms with E-state index in [4.69, 9.17) is 9.52 Å². The predicted molar refractivity (Wildman–Crippen MR) is 69.4 cm³/mol. The number of carbonyl (C=O) groups is 1. The quantitative estimate of drug-likeness (QED) is 0.842. The fourth-order valence-corrected chi connectivity index (χ4v) is 1.43. The van der Waals surface area contributed by atoms with E-state index in [2.05, 4.69) is 15.3 Å². The van der Waals surface area contributed by atoms with Crippen LogP contribution in [0.2, 0.25) is 0 Å². The van der Waals surface area contributed by atoms with Gasteiger partial charge in [0, 0.05) is 20.3 Å². The van der Waals surface area contributed by atoms with Crippen molar-refractivity contribution in [3.05, 3.63) is 35.9 Å². The zero-order valence-corrected chi connectivity index (χ0v) is 10.6. The lowest BCUT2D eigenvalue weighted by molar-refractivity contribution is 0.0660. The Balaban J connectivity index is 2.01. The highest BCUT2D eigenvalue weighted by Crippen LogP contribution is 2.12. The van der Waals surface area contributed by atoms with Gasteiger partial charge in [0.15, 0.2) is 0 Å². The van der Waals surface area contributed by atoms with Gasteiger partial charge in [-0.15, -0.1) is 0 Å². The largest absolute Gasteiger partial charge is 0.475 e. The number of nitrogens with one attached hydrogen (secondary N) is 1. The molecule has 0 spiro atoms. The number of aromatic carboxylic acids is 1. The maximum Gasteiger partial charge on any atom is 0.371 e. The number of furan rings is 1. The van der Waals surface area contributed by atoms with Crippen molar-refractivity contribution in [2.75, 3.05) is 24.3 Å². The second kappa shape index (κ2) is 5.38. The van der Waals surface area contributed by atoms with Crippen LogP contribution in [0, 0.1) is 0 Å². The average molecular weight is 262 g/mol. The number of aromatic nitrogens is 2. The predicted octanol–water partition coefficient (Wildman–Crippen LogP) is 1.45. The van der Waals surface area contributed by atoms with E-state index >= 15 is 0 Å². The molecular weight excluding hydrogens is 248 g/mol. The van der Waals surface area contributed by atoms with E-state index in [1.165, 1.54) is 6.07 Å². The summed E-state index contributed by atoms with van der Waals surface area (Å²) in [6.45, 7) is 0.358. The lowest BCUT2D eigenvalue weighted by Gasteiger charge is -2.11. The van der Waals surface area contributed by atoms with Crippen molar-refractivity contribution in [3.63, 3.8) is 0 Å². The van der Waals surface area contributed by atoms with Crippen molar-refractivity contribution in [2.45, 2.75) is 6.54 Å². The maximum atomic E-state index is 10.7. The molecule has 7 heteroatoms. The second-order valence-corrected chi connectivity index (χ2v) is 4.06. The highest BCUT2D eigenvalue weighted by atomic mass is 16.4. The van der Waals surface area contributed by atoms with Gasteiger partial charge in [0.2, 0.25) is 11.7 Å². The molecule has 0 aliphatic rings. The first-order chi connectivity index (χ1) is 9.06. The third-order valence-corrected chi connectivity index (χ3v) is 2.36. The molecule has 0 radical (unpaired) electrons. The summed E-state index contributed by atoms with van der Waals surface area (Å²) in [6, 6.07) is 4.77. The SMILES string of the molecule is CN(C)c1nccc(NCc2ccc(C(=O)O)o2)n1. The van der Waals surface area contributed by atoms with Gasteiger partial charge >= 0.3 is 5.97 Å². The molecule has 0 unspecified atom stereocenters. The first-order valence-corrected chi connectivity index (χ1v) is 5.62. The lowest BCUT2D eigenvalue weighted by Crippen LogP contribution is -2.13. The van der Waals surface area contributed by atoms with Crippen molar-refractivity contribution in [2.24, 2.45) is 0 Å². The molecule has 2 aromatic heterocycles. The van der Waals surface area contributed by atoms with Crippen molar-refractivity contribution in [3.8, 4) is 0 Å². The van der Waals surface area contributed by atoms with E-state index in [0.717, 1.165) is 0 Å². The topological polar surface area (TPSA) is 91.5 Å². The molecule has 0 aliphatic carbocycles. The molecule has 0 aliphatic heterocycles. The zero-order valence-electron chi connectivity index (χ0n) is 10.6. The van der Waals surface area contributed by atoms with Crippen LogP contribution < -0.4 is 10.2 Å². The van der Waals surface area contributed by atoms with Crippen molar-refractivity contribution in [1.82, 2.24) is 9.97 Å². The van der Waals surface area contributed by atoms with Gasteiger partial charge in [0.05, 0.1) is 6.54 Å². The van der Waals surface area contributed by atoms with Crippen LogP contribution in [-0.4, -0.2) is 35.1 Å². The molecule has 7 nitrogen and oxygen atoms in total. The van der Waals surface area contributed by atoms with Crippen molar-refractivity contribution >= 4 is 17.7 Å². The molecule has 0 fully saturated rings. The summed E-state index contributed by atoms with van der Waals surface area (Å²) in [5.74, 6) is 0.613. The van der Waals surface area contributed by atoms with Crippen molar-refractivity contribution < 1.29 is 14.3 Å². The number of nitrogens with zero attached hydrogens (tertiary/aromatic N) is 3. The molecular formula is C12H14N4O3. The molecule has 0 saturated carbocycles. The van der Waals surface area contributed by atoms with E-state index in [-0.39, 0.29) is 5.76 Å². The van der Waals surface area contributed by atoms with Crippen LogP contribution in [0.15, 0.2) is 28.8 Å². The summed E-state index contributed by atoms with van der Waals surface area (Å²) < 4.78 is 5.13. The maximum absolute atomic E-state index is 10.7. The Morgan fingerprint density at radius 3 is 2.84 bits per heavy atom. The molecule has 0 amide bonds. The van der Waals surface area contributed by atoms with Gasteiger partial charge in [-0.05, 0) is 18.2 Å². The third kappa shape index (κ3) is 3.21. The number of rotatable bonds is 5. The van der Waals surface area contributed by atoms with E-state index in [9.17, 15) is 4.79 Å². The van der Waals surface area contributed by atoms with Crippen LogP contribution in [0.5, 0.6) is 0 Å². The van der Waals surface area contributed by atoms with Crippen molar-refractivity contribution in [1.29, 1.82) is 0 Å². The van der Waals surface area contributed by atoms with Gasteiger partial charge in [-0.1, -0.05) is 0 Å². The second-order valence-electron chi connectivity index (χ2n) is 4.06. The van der Waals surface area contributed by atoms with Crippen LogP contribution in [0.3, 0.4) is 0 Å². The fraction of sp³-hybridized carbons (Fsp3) is 0.250. The molecule has 2 heterocycles. The van der Waals surface area contributed by atoms with Gasteiger partial charge in [-0.2, -0.15) is 4.98 Å². The summed E-state index contributed by atoms with van der Waals surface area (Å²) in [5.41, 5.74) is 0. The molecule has 0 bridgehead atoms. The van der Waals surface area contributed by atoms with Crippen LogP contribution >= 0.6 is 0 Å². The minimum atomic E-state index is -1.08. The van der Waals surface area contributed by atoms with Gasteiger partial charge in [-0.3, -0.25) is 0 Å². The molecule has 2 aromatic rings. The number of carboxylic acids is 1. The molecule has 0 atom stereocenters. The first-order valence-electron chi connectivity index (χ1n) is 5.62. The summed E-state index contributed by atoms with van der Waals surface area (Å²) >= 11 is 0. The Bertz CT molecular complexity index is 580. The molecule has 2 rings (SSSR count). The molecule has 19 heavy (non-hydrogen) atoms. The minimum Gasteiger partial charge on any atom is -0.475 e. The Labute approximate surface area is 109 Å². The molecule has 0 saturated heterocycles. The Morgan fingerprint density at radius 2 is 2.21 bits per heavy atom. The molecule has 100 valence electrons. The zero-order chi connectivity index (χ0) is 13.8. The number of anilines is 2. The fourth-order valence-electron chi connectivity index (χ4n) is 1.43.